The molecule has 5 nitrogen and oxygen atoms in total. The Hall–Kier alpha value is -2.69. The fraction of sp³-hybridized carbons (Fsp3) is 0.278. The number of carbonyl (C=O) groups is 2. The monoisotopic (exact) mass is 311 g/mol. The fourth-order valence-corrected chi connectivity index (χ4v) is 2.05. The summed E-state index contributed by atoms with van der Waals surface area (Å²) in [6.45, 7) is 3.12. The molecule has 0 aliphatic carbocycles. The molecule has 2 aromatic rings. The molecule has 0 saturated carbocycles. The maximum atomic E-state index is 12.1. The molecule has 0 saturated heterocycles. The van der Waals surface area contributed by atoms with E-state index >= 15 is 0 Å². The number of amides is 2. The maximum absolute atomic E-state index is 12.1. The minimum Gasteiger partial charge on any atom is -0.352 e. The third-order valence-corrected chi connectivity index (χ3v) is 3.37. The maximum Gasteiger partial charge on any atom is 0.270 e. The van der Waals surface area contributed by atoms with Gasteiger partial charge in [0.2, 0.25) is 0 Å². The minimum atomic E-state index is -0.294. The van der Waals surface area contributed by atoms with Crippen molar-refractivity contribution in [3.8, 4) is 0 Å². The van der Waals surface area contributed by atoms with Crippen molar-refractivity contribution in [3.63, 3.8) is 0 Å². The van der Waals surface area contributed by atoms with E-state index in [9.17, 15) is 9.59 Å². The van der Waals surface area contributed by atoms with Gasteiger partial charge in [0.25, 0.3) is 11.8 Å². The quantitative estimate of drug-likeness (QED) is 0.772. The molecule has 0 fully saturated rings. The lowest BCUT2D eigenvalue weighted by Gasteiger charge is -2.07. The third-order valence-electron chi connectivity index (χ3n) is 3.37. The summed E-state index contributed by atoms with van der Waals surface area (Å²) >= 11 is 0. The number of unbranched alkanes of at least 4 members (excludes halogenated alkanes) is 1. The summed E-state index contributed by atoms with van der Waals surface area (Å²) < 4.78 is 0. The third kappa shape index (κ3) is 5.21. The average molecular weight is 311 g/mol. The molecule has 2 rings (SSSR count). The summed E-state index contributed by atoms with van der Waals surface area (Å²) in [6, 6.07) is 12.8. The Morgan fingerprint density at radius 3 is 2.57 bits per heavy atom. The van der Waals surface area contributed by atoms with Gasteiger partial charge < -0.3 is 10.6 Å². The Kier molecular flexibility index (Phi) is 6.29. The second kappa shape index (κ2) is 8.68. The summed E-state index contributed by atoms with van der Waals surface area (Å²) in [6.07, 6.45) is 3.43. The van der Waals surface area contributed by atoms with Crippen LogP contribution in [0, 0.1) is 0 Å². The second-order valence-electron chi connectivity index (χ2n) is 5.21. The van der Waals surface area contributed by atoms with E-state index in [4.69, 9.17) is 0 Å². The van der Waals surface area contributed by atoms with Crippen molar-refractivity contribution < 1.29 is 9.59 Å². The molecule has 0 aliphatic rings. The number of hydrogen-bond acceptors (Lipinski definition) is 3. The standard InChI is InChI=1S/C18H21N3O2/c1-2-3-10-20-17(22)15-9-11-19-16(12-15)18(23)21-13-14-7-5-4-6-8-14/h4-9,11-12H,2-3,10,13H2,1H3,(H,20,22)(H,21,23). The SMILES string of the molecule is CCCCNC(=O)c1ccnc(C(=O)NCc2ccccc2)c1. The first-order valence-corrected chi connectivity index (χ1v) is 7.77. The van der Waals surface area contributed by atoms with E-state index in [1.54, 1.807) is 6.07 Å². The van der Waals surface area contributed by atoms with Crippen LogP contribution in [0.1, 0.15) is 46.2 Å². The van der Waals surface area contributed by atoms with Crippen LogP contribution in [0.5, 0.6) is 0 Å². The summed E-state index contributed by atoms with van der Waals surface area (Å²) in [5.41, 5.74) is 1.69. The average Bonchev–Trinajstić information content (AvgIpc) is 2.61. The predicted molar refractivity (Wildman–Crippen MR) is 89.1 cm³/mol. The van der Waals surface area contributed by atoms with Crippen LogP contribution < -0.4 is 10.6 Å². The lowest BCUT2D eigenvalue weighted by Crippen LogP contribution is -2.26. The highest BCUT2D eigenvalue weighted by molar-refractivity contribution is 5.98. The Bertz CT molecular complexity index is 656. The highest BCUT2D eigenvalue weighted by atomic mass is 16.2. The number of carbonyl (C=O) groups excluding carboxylic acids is 2. The van der Waals surface area contributed by atoms with E-state index in [1.807, 2.05) is 30.3 Å². The Morgan fingerprint density at radius 2 is 1.83 bits per heavy atom. The zero-order chi connectivity index (χ0) is 16.5. The lowest BCUT2D eigenvalue weighted by molar-refractivity contribution is 0.0946. The Balaban J connectivity index is 1.95. The summed E-state index contributed by atoms with van der Waals surface area (Å²) in [5.74, 6) is -0.477. The van der Waals surface area contributed by atoms with E-state index in [0.29, 0.717) is 18.7 Å². The molecule has 1 aromatic heterocycles. The molecule has 0 atom stereocenters. The normalized spacial score (nSPS) is 10.1. The van der Waals surface area contributed by atoms with Gasteiger partial charge in [0, 0.05) is 24.8 Å². The number of rotatable bonds is 7. The molecule has 23 heavy (non-hydrogen) atoms. The number of hydrogen-bond donors (Lipinski definition) is 2. The zero-order valence-corrected chi connectivity index (χ0v) is 13.2. The molecule has 1 heterocycles. The highest BCUT2D eigenvalue weighted by Gasteiger charge is 2.11. The van der Waals surface area contributed by atoms with Crippen LogP contribution in [0.4, 0.5) is 0 Å². The predicted octanol–water partition coefficient (Wildman–Crippen LogP) is 2.54. The van der Waals surface area contributed by atoms with Crippen LogP contribution in [0.15, 0.2) is 48.7 Å². The number of aromatic nitrogens is 1. The van der Waals surface area contributed by atoms with Crippen LogP contribution >= 0.6 is 0 Å². The van der Waals surface area contributed by atoms with Gasteiger partial charge in [-0.05, 0) is 24.1 Å². The molecule has 2 N–H and O–H groups in total. The molecule has 0 radical (unpaired) electrons. The van der Waals surface area contributed by atoms with Crippen molar-refractivity contribution in [2.75, 3.05) is 6.54 Å². The first-order chi connectivity index (χ1) is 11.2. The topological polar surface area (TPSA) is 71.1 Å². The van der Waals surface area contributed by atoms with Gasteiger partial charge in [0.1, 0.15) is 5.69 Å². The van der Waals surface area contributed by atoms with Gasteiger partial charge in [-0.3, -0.25) is 14.6 Å². The molecule has 0 spiro atoms. The van der Waals surface area contributed by atoms with Crippen LogP contribution in [-0.4, -0.2) is 23.3 Å². The van der Waals surface area contributed by atoms with Crippen LogP contribution in [0.25, 0.3) is 0 Å². The van der Waals surface area contributed by atoms with Crippen molar-refractivity contribution in [1.82, 2.24) is 15.6 Å². The molecule has 120 valence electrons. The number of nitrogens with zero attached hydrogens (tertiary/aromatic N) is 1. The van der Waals surface area contributed by atoms with Gasteiger partial charge in [-0.25, -0.2) is 0 Å². The molecule has 1 aromatic carbocycles. The van der Waals surface area contributed by atoms with Crippen molar-refractivity contribution >= 4 is 11.8 Å². The van der Waals surface area contributed by atoms with Gasteiger partial charge in [-0.15, -0.1) is 0 Å². The summed E-state index contributed by atoms with van der Waals surface area (Å²) in [7, 11) is 0. The molecule has 2 amide bonds. The fourth-order valence-electron chi connectivity index (χ4n) is 2.05. The zero-order valence-electron chi connectivity index (χ0n) is 13.2. The van der Waals surface area contributed by atoms with Crippen molar-refractivity contribution in [3.05, 3.63) is 65.5 Å². The van der Waals surface area contributed by atoms with Gasteiger partial charge in [0.15, 0.2) is 0 Å². The Morgan fingerprint density at radius 1 is 1.04 bits per heavy atom. The van der Waals surface area contributed by atoms with Gasteiger partial charge in [0.05, 0.1) is 0 Å². The van der Waals surface area contributed by atoms with Crippen LogP contribution in [0.3, 0.4) is 0 Å². The summed E-state index contributed by atoms with van der Waals surface area (Å²) in [4.78, 5) is 28.2. The number of benzene rings is 1. The second-order valence-corrected chi connectivity index (χ2v) is 5.21. The first-order valence-electron chi connectivity index (χ1n) is 7.77. The molecule has 0 bridgehead atoms. The van der Waals surface area contributed by atoms with Crippen molar-refractivity contribution in [2.45, 2.75) is 26.3 Å². The van der Waals surface area contributed by atoms with E-state index in [-0.39, 0.29) is 17.5 Å². The van der Waals surface area contributed by atoms with E-state index in [0.717, 1.165) is 18.4 Å². The highest BCUT2D eigenvalue weighted by Crippen LogP contribution is 2.04. The van der Waals surface area contributed by atoms with E-state index < -0.39 is 0 Å². The largest absolute Gasteiger partial charge is 0.352 e. The molecule has 5 heteroatoms. The first kappa shape index (κ1) is 16.7. The van der Waals surface area contributed by atoms with Crippen LogP contribution in [0.2, 0.25) is 0 Å². The Labute approximate surface area is 136 Å². The van der Waals surface area contributed by atoms with Gasteiger partial charge >= 0.3 is 0 Å². The lowest BCUT2D eigenvalue weighted by atomic mass is 10.2. The molecule has 0 aliphatic heterocycles. The van der Waals surface area contributed by atoms with Crippen LogP contribution in [-0.2, 0) is 6.54 Å². The summed E-state index contributed by atoms with van der Waals surface area (Å²) in [5, 5.41) is 5.63. The smallest absolute Gasteiger partial charge is 0.270 e. The molecular weight excluding hydrogens is 290 g/mol. The van der Waals surface area contributed by atoms with Crippen molar-refractivity contribution in [1.29, 1.82) is 0 Å². The number of pyridine rings is 1. The van der Waals surface area contributed by atoms with Gasteiger partial charge in [-0.1, -0.05) is 43.7 Å². The molecular formula is C18H21N3O2. The van der Waals surface area contributed by atoms with E-state index in [1.165, 1.54) is 12.3 Å². The minimum absolute atomic E-state index is 0.182. The van der Waals surface area contributed by atoms with Crippen molar-refractivity contribution in [2.24, 2.45) is 0 Å². The number of nitrogens with one attached hydrogen (secondary N) is 2. The van der Waals surface area contributed by atoms with E-state index in [2.05, 4.69) is 22.5 Å². The molecule has 0 unspecified atom stereocenters. The van der Waals surface area contributed by atoms with Gasteiger partial charge in [-0.2, -0.15) is 0 Å².